The molecule has 0 N–H and O–H groups in total. The van der Waals surface area contributed by atoms with Crippen LogP contribution in [-0.2, 0) is 0 Å². The lowest BCUT2D eigenvalue weighted by atomic mass is 9.99. The zero-order chi connectivity index (χ0) is 10.9. The molecule has 1 atom stereocenters. The Morgan fingerprint density at radius 2 is 1.93 bits per heavy atom. The van der Waals surface area contributed by atoms with Crippen LogP contribution in [0.5, 0.6) is 0 Å². The molecule has 0 heterocycles. The molecule has 0 saturated heterocycles. The quantitative estimate of drug-likeness (QED) is 0.391. The van der Waals surface area contributed by atoms with Gasteiger partial charge in [-0.25, -0.2) is 0 Å². The van der Waals surface area contributed by atoms with Crippen LogP contribution in [0, 0.1) is 11.8 Å². The van der Waals surface area contributed by atoms with E-state index >= 15 is 0 Å². The third kappa shape index (κ3) is 6.02. The maximum Gasteiger partial charge on any atom is -0.0234 e. The van der Waals surface area contributed by atoms with Crippen LogP contribution in [0.3, 0.4) is 0 Å². The number of rotatable bonds is 7. The molecule has 88 valence electrons. The lowest BCUT2D eigenvalue weighted by molar-refractivity contribution is 0.471. The van der Waals surface area contributed by atoms with Gasteiger partial charge >= 0.3 is 0 Å². The minimum absolute atomic E-state index is 0.929. The van der Waals surface area contributed by atoms with Gasteiger partial charge in [0.25, 0.3) is 0 Å². The zero-order valence-electron chi connectivity index (χ0n) is 10.7. The van der Waals surface area contributed by atoms with Crippen LogP contribution in [0.25, 0.3) is 0 Å². The first-order chi connectivity index (χ1) is 7.33. The number of hydrogen-bond acceptors (Lipinski definition) is 0. The van der Waals surface area contributed by atoms with Gasteiger partial charge in [0.1, 0.15) is 0 Å². The van der Waals surface area contributed by atoms with E-state index in [2.05, 4.69) is 26.0 Å². The van der Waals surface area contributed by atoms with Crippen molar-refractivity contribution < 1.29 is 0 Å². The van der Waals surface area contributed by atoms with Crippen LogP contribution >= 0.6 is 0 Å². The van der Waals surface area contributed by atoms with Crippen molar-refractivity contribution in [1.82, 2.24) is 0 Å². The van der Waals surface area contributed by atoms with Gasteiger partial charge in [-0.1, -0.05) is 58.1 Å². The third-order valence-electron chi connectivity index (χ3n) is 3.66. The van der Waals surface area contributed by atoms with Crippen molar-refractivity contribution in [3.63, 3.8) is 0 Å². The van der Waals surface area contributed by atoms with E-state index in [1.807, 2.05) is 0 Å². The van der Waals surface area contributed by atoms with Gasteiger partial charge < -0.3 is 0 Å². The van der Waals surface area contributed by atoms with Gasteiger partial charge in [-0.05, 0) is 37.5 Å². The van der Waals surface area contributed by atoms with E-state index in [1.54, 1.807) is 0 Å². The van der Waals surface area contributed by atoms with E-state index in [0.717, 1.165) is 11.8 Å². The molecule has 1 rings (SSSR count). The molecule has 1 fully saturated rings. The smallest absolute Gasteiger partial charge is 0.0234 e. The Hall–Kier alpha value is -0.260. The molecule has 0 aromatic heterocycles. The summed E-state index contributed by atoms with van der Waals surface area (Å²) in [5, 5.41) is 0. The number of allylic oxidation sites excluding steroid dienone is 2. The SMILES string of the molecule is CCCC(C)CCC/C=C/C1CCCC1. The Balaban J connectivity index is 1.95. The third-order valence-corrected chi connectivity index (χ3v) is 3.66. The van der Waals surface area contributed by atoms with E-state index in [4.69, 9.17) is 0 Å². The molecular weight excluding hydrogens is 180 g/mol. The molecule has 0 spiro atoms. The maximum absolute atomic E-state index is 2.48. The molecule has 0 aromatic carbocycles. The van der Waals surface area contributed by atoms with Gasteiger partial charge in [0, 0.05) is 0 Å². The first-order valence-electron chi connectivity index (χ1n) is 6.99. The van der Waals surface area contributed by atoms with Crippen LogP contribution in [0.1, 0.15) is 71.6 Å². The monoisotopic (exact) mass is 208 g/mol. The summed E-state index contributed by atoms with van der Waals surface area (Å²) in [4.78, 5) is 0. The molecule has 0 bridgehead atoms. The van der Waals surface area contributed by atoms with E-state index in [0.29, 0.717) is 0 Å². The molecule has 1 saturated carbocycles. The van der Waals surface area contributed by atoms with E-state index in [9.17, 15) is 0 Å². The van der Waals surface area contributed by atoms with Crippen molar-refractivity contribution in [2.75, 3.05) is 0 Å². The Bertz CT molecular complexity index is 163. The van der Waals surface area contributed by atoms with E-state index in [1.165, 1.54) is 57.8 Å². The summed E-state index contributed by atoms with van der Waals surface area (Å²) in [7, 11) is 0. The molecule has 1 unspecified atom stereocenters. The van der Waals surface area contributed by atoms with Crippen molar-refractivity contribution in [2.45, 2.75) is 71.6 Å². The highest BCUT2D eigenvalue weighted by Crippen LogP contribution is 2.25. The Morgan fingerprint density at radius 3 is 2.60 bits per heavy atom. The molecule has 0 heteroatoms. The second-order valence-corrected chi connectivity index (χ2v) is 5.30. The summed E-state index contributed by atoms with van der Waals surface area (Å²) in [5.41, 5.74) is 0. The highest BCUT2D eigenvalue weighted by Gasteiger charge is 2.10. The molecule has 0 aliphatic heterocycles. The average molecular weight is 208 g/mol. The second kappa shape index (κ2) is 7.96. The predicted molar refractivity (Wildman–Crippen MR) is 69.0 cm³/mol. The van der Waals surface area contributed by atoms with E-state index in [-0.39, 0.29) is 0 Å². The largest absolute Gasteiger partial charge is 0.0883 e. The van der Waals surface area contributed by atoms with Crippen molar-refractivity contribution in [3.05, 3.63) is 12.2 Å². The van der Waals surface area contributed by atoms with Gasteiger partial charge in [0.2, 0.25) is 0 Å². The first-order valence-corrected chi connectivity index (χ1v) is 6.99. The fraction of sp³-hybridized carbons (Fsp3) is 0.867. The minimum Gasteiger partial charge on any atom is -0.0883 e. The highest BCUT2D eigenvalue weighted by atomic mass is 14.2. The van der Waals surface area contributed by atoms with Gasteiger partial charge in [-0.15, -0.1) is 0 Å². The Morgan fingerprint density at radius 1 is 1.20 bits per heavy atom. The van der Waals surface area contributed by atoms with Gasteiger partial charge in [0.05, 0.1) is 0 Å². The fourth-order valence-electron chi connectivity index (χ4n) is 2.66. The van der Waals surface area contributed by atoms with Crippen LogP contribution in [0.15, 0.2) is 12.2 Å². The van der Waals surface area contributed by atoms with Crippen molar-refractivity contribution in [3.8, 4) is 0 Å². The molecule has 0 nitrogen and oxygen atoms in total. The minimum atomic E-state index is 0.929. The molecule has 15 heavy (non-hydrogen) atoms. The number of unbranched alkanes of at least 4 members (excludes halogenated alkanes) is 1. The summed E-state index contributed by atoms with van der Waals surface area (Å²) in [5.74, 6) is 1.87. The van der Waals surface area contributed by atoms with Crippen LogP contribution < -0.4 is 0 Å². The molecule has 0 amide bonds. The summed E-state index contributed by atoms with van der Waals surface area (Å²) in [6.07, 6.45) is 17.6. The molecule has 1 aliphatic carbocycles. The van der Waals surface area contributed by atoms with Crippen molar-refractivity contribution in [1.29, 1.82) is 0 Å². The van der Waals surface area contributed by atoms with Crippen LogP contribution in [0.4, 0.5) is 0 Å². The summed E-state index contributed by atoms with van der Waals surface area (Å²) in [6.45, 7) is 4.68. The molecule has 0 radical (unpaired) electrons. The normalized spacial score (nSPS) is 20.1. The summed E-state index contributed by atoms with van der Waals surface area (Å²) >= 11 is 0. The van der Waals surface area contributed by atoms with Gasteiger partial charge in [-0.2, -0.15) is 0 Å². The summed E-state index contributed by atoms with van der Waals surface area (Å²) < 4.78 is 0. The Labute approximate surface area is 96.2 Å². The lowest BCUT2D eigenvalue weighted by Gasteiger charge is -2.08. The first kappa shape index (κ1) is 12.8. The molecule has 1 aliphatic rings. The average Bonchev–Trinajstić information content (AvgIpc) is 2.70. The van der Waals surface area contributed by atoms with Crippen molar-refractivity contribution >= 4 is 0 Å². The topological polar surface area (TPSA) is 0 Å². The summed E-state index contributed by atoms with van der Waals surface area (Å²) in [6, 6.07) is 0. The van der Waals surface area contributed by atoms with Crippen molar-refractivity contribution in [2.24, 2.45) is 11.8 Å². The highest BCUT2D eigenvalue weighted by molar-refractivity contribution is 4.90. The van der Waals surface area contributed by atoms with Crippen LogP contribution in [0.2, 0.25) is 0 Å². The predicted octanol–water partition coefficient (Wildman–Crippen LogP) is 5.34. The fourth-order valence-corrected chi connectivity index (χ4v) is 2.66. The lowest BCUT2D eigenvalue weighted by Crippen LogP contribution is -1.93. The Kier molecular flexibility index (Phi) is 6.80. The standard InChI is InChI=1S/C15H28/c1-3-9-14(2)10-5-4-6-11-15-12-7-8-13-15/h6,11,14-15H,3-5,7-10,12-13H2,1-2H3/b11-6+. The zero-order valence-corrected chi connectivity index (χ0v) is 10.7. The maximum atomic E-state index is 2.48. The second-order valence-electron chi connectivity index (χ2n) is 5.30. The molecular formula is C15H28. The van der Waals surface area contributed by atoms with E-state index < -0.39 is 0 Å². The molecule has 0 aromatic rings. The van der Waals surface area contributed by atoms with Gasteiger partial charge in [0.15, 0.2) is 0 Å². The van der Waals surface area contributed by atoms with Gasteiger partial charge in [-0.3, -0.25) is 0 Å². The number of hydrogen-bond donors (Lipinski definition) is 0. The van der Waals surface area contributed by atoms with Crippen LogP contribution in [-0.4, -0.2) is 0 Å².